The predicted molar refractivity (Wildman–Crippen MR) is 227 cm³/mol. The van der Waals surface area contributed by atoms with E-state index in [1.807, 2.05) is 6.07 Å². The monoisotopic (exact) mass is 702 g/mol. The molecule has 0 aliphatic heterocycles. The third kappa shape index (κ3) is 4.88. The van der Waals surface area contributed by atoms with Crippen molar-refractivity contribution in [2.75, 3.05) is 0 Å². The summed E-state index contributed by atoms with van der Waals surface area (Å²) in [7, 11) is 0. The Morgan fingerprint density at radius 3 is 1.85 bits per heavy atom. The summed E-state index contributed by atoms with van der Waals surface area (Å²) in [5.74, 6) is 1.74. The Labute approximate surface area is 319 Å². The molecule has 10 aromatic rings. The average molecular weight is 703 g/mol. The van der Waals surface area contributed by atoms with Crippen LogP contribution in [0.15, 0.2) is 176 Å². The number of nitrogens with zero attached hydrogens (tertiary/aromatic N) is 4. The highest BCUT2D eigenvalue weighted by Crippen LogP contribution is 2.57. The van der Waals surface area contributed by atoms with E-state index in [4.69, 9.17) is 15.0 Å². The van der Waals surface area contributed by atoms with Crippen LogP contribution in [0.3, 0.4) is 0 Å². The Kier molecular flexibility index (Phi) is 7.11. The largest absolute Gasteiger partial charge is 0.296 e. The lowest BCUT2D eigenvalue weighted by atomic mass is 9.84. The summed E-state index contributed by atoms with van der Waals surface area (Å²) in [6.45, 7) is 2.16. The molecule has 4 heteroatoms. The molecular formula is C51H34N4. The Balaban J connectivity index is 1.18. The Bertz CT molecular complexity index is 3100. The number of imidazole rings is 1. The van der Waals surface area contributed by atoms with Crippen LogP contribution < -0.4 is 0 Å². The molecule has 0 unspecified atom stereocenters. The highest BCUT2D eigenvalue weighted by Gasteiger charge is 2.31. The van der Waals surface area contributed by atoms with Gasteiger partial charge in [0.2, 0.25) is 0 Å². The van der Waals surface area contributed by atoms with Gasteiger partial charge in [0, 0.05) is 34.2 Å². The normalized spacial score (nSPS) is 11.8. The molecule has 0 saturated heterocycles. The van der Waals surface area contributed by atoms with E-state index in [1.165, 1.54) is 44.2 Å². The van der Waals surface area contributed by atoms with Gasteiger partial charge in [-0.2, -0.15) is 0 Å². The van der Waals surface area contributed by atoms with Crippen LogP contribution in [0.4, 0.5) is 0 Å². The molecule has 1 aliphatic rings. The second-order valence-corrected chi connectivity index (χ2v) is 14.2. The first kappa shape index (κ1) is 31.4. The quantitative estimate of drug-likeness (QED) is 0.173. The lowest BCUT2D eigenvalue weighted by Crippen LogP contribution is -2.01. The first-order chi connectivity index (χ1) is 27.2. The average Bonchev–Trinajstić information content (AvgIpc) is 3.81. The Hall–Kier alpha value is -7.17. The third-order valence-corrected chi connectivity index (χ3v) is 11.1. The van der Waals surface area contributed by atoms with Gasteiger partial charge in [0.1, 0.15) is 5.82 Å². The standard InChI is InChI=1S/C51H34N4/c1-2-45-52-43-25-11-12-26-44(43)55(45)36-29-27-35(28-30-36)50-37-21-9-10-24-42(37)53-51(54-50)41-31-40(32-15-5-3-6-16-32)48-38-22-13-19-33-20-14-23-39(46(33)38)49(48)47(41)34-17-7-4-8-18-34/h3-31H,2H2,1H3. The molecule has 0 amide bonds. The van der Waals surface area contributed by atoms with Crippen molar-refractivity contribution < 1.29 is 0 Å². The highest BCUT2D eigenvalue weighted by molar-refractivity contribution is 6.22. The van der Waals surface area contributed by atoms with E-state index in [0.29, 0.717) is 5.82 Å². The zero-order valence-corrected chi connectivity index (χ0v) is 30.2. The molecule has 258 valence electrons. The fraction of sp³-hybridized carbons (Fsp3) is 0.0392. The zero-order valence-electron chi connectivity index (χ0n) is 30.2. The van der Waals surface area contributed by atoms with Gasteiger partial charge in [0.15, 0.2) is 5.82 Å². The fourth-order valence-corrected chi connectivity index (χ4v) is 8.70. The van der Waals surface area contributed by atoms with E-state index in [0.717, 1.165) is 67.8 Å². The fourth-order valence-electron chi connectivity index (χ4n) is 8.70. The lowest BCUT2D eigenvalue weighted by Gasteiger charge is -2.20. The number of para-hydroxylation sites is 3. The van der Waals surface area contributed by atoms with Crippen LogP contribution >= 0.6 is 0 Å². The molecule has 1 aliphatic carbocycles. The molecule has 0 bridgehead atoms. The van der Waals surface area contributed by atoms with Gasteiger partial charge in [0.25, 0.3) is 0 Å². The van der Waals surface area contributed by atoms with Crippen molar-refractivity contribution in [1.29, 1.82) is 0 Å². The second kappa shape index (κ2) is 12.5. The molecule has 4 nitrogen and oxygen atoms in total. The first-order valence-electron chi connectivity index (χ1n) is 18.9. The van der Waals surface area contributed by atoms with Crippen molar-refractivity contribution in [2.45, 2.75) is 13.3 Å². The zero-order chi connectivity index (χ0) is 36.5. The summed E-state index contributed by atoms with van der Waals surface area (Å²) in [4.78, 5) is 15.8. The lowest BCUT2D eigenvalue weighted by molar-refractivity contribution is 0.908. The number of hydrogen-bond acceptors (Lipinski definition) is 3. The van der Waals surface area contributed by atoms with Gasteiger partial charge in [-0.15, -0.1) is 0 Å². The maximum Gasteiger partial charge on any atom is 0.161 e. The van der Waals surface area contributed by atoms with Crippen molar-refractivity contribution in [3.05, 3.63) is 182 Å². The molecule has 2 aromatic heterocycles. The number of benzene rings is 8. The van der Waals surface area contributed by atoms with Crippen molar-refractivity contribution in [3.8, 4) is 72.8 Å². The minimum Gasteiger partial charge on any atom is -0.296 e. The number of aromatic nitrogens is 4. The molecule has 55 heavy (non-hydrogen) atoms. The van der Waals surface area contributed by atoms with E-state index < -0.39 is 0 Å². The number of fused-ring (bicyclic) bond motifs is 5. The summed E-state index contributed by atoms with van der Waals surface area (Å²) in [5.41, 5.74) is 16.7. The summed E-state index contributed by atoms with van der Waals surface area (Å²) in [5, 5.41) is 3.56. The summed E-state index contributed by atoms with van der Waals surface area (Å²) >= 11 is 0. The molecule has 0 spiro atoms. The van der Waals surface area contributed by atoms with Crippen molar-refractivity contribution >= 4 is 32.7 Å². The van der Waals surface area contributed by atoms with Gasteiger partial charge in [0.05, 0.1) is 22.2 Å². The van der Waals surface area contributed by atoms with Gasteiger partial charge < -0.3 is 0 Å². The van der Waals surface area contributed by atoms with Crippen LogP contribution in [-0.2, 0) is 6.42 Å². The molecule has 0 saturated carbocycles. The van der Waals surface area contributed by atoms with Crippen LogP contribution in [-0.4, -0.2) is 19.5 Å². The summed E-state index contributed by atoms with van der Waals surface area (Å²) in [6, 6.07) is 62.7. The highest BCUT2D eigenvalue weighted by atomic mass is 15.1. The topological polar surface area (TPSA) is 43.6 Å². The van der Waals surface area contributed by atoms with Gasteiger partial charge >= 0.3 is 0 Å². The van der Waals surface area contributed by atoms with E-state index in [2.05, 4.69) is 181 Å². The summed E-state index contributed by atoms with van der Waals surface area (Å²) in [6.07, 6.45) is 0.839. The van der Waals surface area contributed by atoms with Crippen LogP contribution in [0.25, 0.3) is 106 Å². The SMILES string of the molecule is CCc1nc2ccccc2n1-c1ccc(-c2nc(-c3cc(-c4ccccc4)c4c(c3-c3ccccc3)-c3cccc5cccc-4c35)nc3ccccc23)cc1. The van der Waals surface area contributed by atoms with Crippen molar-refractivity contribution in [1.82, 2.24) is 19.5 Å². The molecule has 11 rings (SSSR count). The van der Waals surface area contributed by atoms with Gasteiger partial charge in [-0.3, -0.25) is 4.57 Å². The Morgan fingerprint density at radius 2 is 1.11 bits per heavy atom. The van der Waals surface area contributed by atoms with Gasteiger partial charge in [-0.1, -0.05) is 146 Å². The molecule has 0 radical (unpaired) electrons. The smallest absolute Gasteiger partial charge is 0.161 e. The third-order valence-electron chi connectivity index (χ3n) is 11.1. The summed E-state index contributed by atoms with van der Waals surface area (Å²) < 4.78 is 2.27. The maximum absolute atomic E-state index is 5.53. The van der Waals surface area contributed by atoms with Crippen LogP contribution in [0.5, 0.6) is 0 Å². The number of hydrogen-bond donors (Lipinski definition) is 0. The van der Waals surface area contributed by atoms with Crippen molar-refractivity contribution in [3.63, 3.8) is 0 Å². The van der Waals surface area contributed by atoms with Crippen LogP contribution in [0.2, 0.25) is 0 Å². The van der Waals surface area contributed by atoms with E-state index in [9.17, 15) is 0 Å². The van der Waals surface area contributed by atoms with E-state index in [-0.39, 0.29) is 0 Å². The van der Waals surface area contributed by atoms with Crippen LogP contribution in [0.1, 0.15) is 12.7 Å². The van der Waals surface area contributed by atoms with Crippen LogP contribution in [0, 0.1) is 0 Å². The molecule has 2 heterocycles. The molecule has 0 atom stereocenters. The molecule has 8 aromatic carbocycles. The van der Waals surface area contributed by atoms with Crippen molar-refractivity contribution in [2.24, 2.45) is 0 Å². The Morgan fingerprint density at radius 1 is 0.455 bits per heavy atom. The van der Waals surface area contributed by atoms with E-state index >= 15 is 0 Å². The maximum atomic E-state index is 5.53. The minimum absolute atomic E-state index is 0.702. The van der Waals surface area contributed by atoms with Gasteiger partial charge in [-0.05, 0) is 86.1 Å². The first-order valence-corrected chi connectivity index (χ1v) is 18.9. The minimum atomic E-state index is 0.702. The molecule has 0 N–H and O–H groups in total. The second-order valence-electron chi connectivity index (χ2n) is 14.2. The predicted octanol–water partition coefficient (Wildman–Crippen LogP) is 13.0. The number of rotatable bonds is 6. The molecule has 0 fully saturated rings. The molecular weight excluding hydrogens is 669 g/mol. The number of aryl methyl sites for hydroxylation is 1. The van der Waals surface area contributed by atoms with E-state index in [1.54, 1.807) is 0 Å². The van der Waals surface area contributed by atoms with Gasteiger partial charge in [-0.25, -0.2) is 15.0 Å².